The van der Waals surface area contributed by atoms with E-state index in [1.54, 1.807) is 0 Å². The monoisotopic (exact) mass is 317 g/mol. The van der Waals surface area contributed by atoms with Gasteiger partial charge in [-0.3, -0.25) is 0 Å². The zero-order valence-electron chi connectivity index (χ0n) is 6.91. The van der Waals surface area contributed by atoms with Crippen LogP contribution in [0.25, 0.3) is 0 Å². The Labute approximate surface area is 97.4 Å². The van der Waals surface area contributed by atoms with Crippen LogP contribution >= 0.6 is 31.9 Å². The first-order chi connectivity index (χ1) is 6.77. The summed E-state index contributed by atoms with van der Waals surface area (Å²) in [5.74, 6) is 0.648. The van der Waals surface area contributed by atoms with Crippen LogP contribution in [0.2, 0.25) is 0 Å². The molecule has 0 bridgehead atoms. The third kappa shape index (κ3) is 1.99. The quantitative estimate of drug-likeness (QED) is 0.839. The normalized spacial score (nSPS) is 10.1. The summed E-state index contributed by atoms with van der Waals surface area (Å²) >= 11 is 6.74. The van der Waals surface area contributed by atoms with E-state index >= 15 is 0 Å². The molecule has 0 radical (unpaired) electrons. The summed E-state index contributed by atoms with van der Waals surface area (Å²) in [6.45, 7) is 0. The number of halogens is 2. The Hall–Kier alpha value is -0.810. The summed E-state index contributed by atoms with van der Waals surface area (Å²) in [4.78, 5) is 3.86. The fourth-order valence-electron chi connectivity index (χ4n) is 0.928. The molecule has 0 N–H and O–H groups in total. The van der Waals surface area contributed by atoms with Crippen LogP contribution in [0, 0.1) is 0 Å². The van der Waals surface area contributed by atoms with Crippen molar-refractivity contribution in [3.8, 4) is 11.8 Å². The van der Waals surface area contributed by atoms with Gasteiger partial charge in [-0.1, -0.05) is 6.07 Å². The largest absolute Gasteiger partial charge is 0.417 e. The molecule has 2 aromatic rings. The number of nitrogens with zero attached hydrogens (tertiary/aromatic N) is 1. The van der Waals surface area contributed by atoms with Crippen molar-refractivity contribution in [3.05, 3.63) is 39.6 Å². The first kappa shape index (κ1) is 9.73. The van der Waals surface area contributed by atoms with Crippen molar-refractivity contribution in [2.45, 2.75) is 0 Å². The fourth-order valence-corrected chi connectivity index (χ4v) is 2.09. The topological polar surface area (TPSA) is 35.3 Å². The molecule has 0 spiro atoms. The Bertz CT molecular complexity index is 408. The second kappa shape index (κ2) is 4.14. The number of rotatable bonds is 2. The van der Waals surface area contributed by atoms with Crippen LogP contribution in [0.1, 0.15) is 0 Å². The molecule has 72 valence electrons. The van der Waals surface area contributed by atoms with E-state index in [4.69, 9.17) is 9.15 Å². The summed E-state index contributed by atoms with van der Waals surface area (Å²) < 4.78 is 12.1. The van der Waals surface area contributed by atoms with Crippen LogP contribution in [0.3, 0.4) is 0 Å². The lowest BCUT2D eigenvalue weighted by Gasteiger charge is -2.05. The predicted octanol–water partition coefficient (Wildman–Crippen LogP) is 3.99. The molecule has 5 heteroatoms. The molecule has 3 nitrogen and oxygen atoms in total. The molecule has 1 heterocycles. The Kier molecular flexibility index (Phi) is 2.88. The highest BCUT2D eigenvalue weighted by molar-refractivity contribution is 9.11. The van der Waals surface area contributed by atoms with E-state index in [1.165, 1.54) is 12.5 Å². The first-order valence-electron chi connectivity index (χ1n) is 3.79. The maximum atomic E-state index is 5.41. The molecule has 0 saturated heterocycles. The second-order valence-corrected chi connectivity index (χ2v) is 4.16. The Morgan fingerprint density at radius 1 is 1.21 bits per heavy atom. The number of hydrogen-bond donors (Lipinski definition) is 0. The average molecular weight is 319 g/mol. The van der Waals surface area contributed by atoms with E-state index in [-0.39, 0.29) is 6.08 Å². The molecule has 2 rings (SSSR count). The lowest BCUT2D eigenvalue weighted by molar-refractivity contribution is 0.328. The molecule has 0 saturated carbocycles. The summed E-state index contributed by atoms with van der Waals surface area (Å²) in [5.41, 5.74) is 0. The lowest BCUT2D eigenvalue weighted by Crippen LogP contribution is -1.86. The Balaban J connectivity index is 2.33. The molecule has 0 aliphatic heterocycles. The number of ether oxygens (including phenoxy) is 1. The molecule has 0 aliphatic rings. The standard InChI is InChI=1S/C9H5Br2NO2/c10-6-2-1-3-7(11)8(6)14-9-12-4-5-13-9/h1-5H. The van der Waals surface area contributed by atoms with Gasteiger partial charge in [0, 0.05) is 0 Å². The van der Waals surface area contributed by atoms with Crippen LogP contribution in [-0.2, 0) is 0 Å². The number of para-hydroxylation sites is 1. The first-order valence-corrected chi connectivity index (χ1v) is 5.37. The van der Waals surface area contributed by atoms with Gasteiger partial charge in [-0.25, -0.2) is 0 Å². The molecule has 0 fully saturated rings. The third-order valence-corrected chi connectivity index (χ3v) is 2.77. The number of aromatic nitrogens is 1. The van der Waals surface area contributed by atoms with Crippen LogP contribution in [0.4, 0.5) is 0 Å². The van der Waals surface area contributed by atoms with Crippen molar-refractivity contribution in [1.29, 1.82) is 0 Å². The van der Waals surface area contributed by atoms with E-state index in [2.05, 4.69) is 36.8 Å². The van der Waals surface area contributed by atoms with Crippen molar-refractivity contribution < 1.29 is 9.15 Å². The van der Waals surface area contributed by atoms with Crippen molar-refractivity contribution in [3.63, 3.8) is 0 Å². The highest BCUT2D eigenvalue weighted by atomic mass is 79.9. The average Bonchev–Trinajstić information content (AvgIpc) is 2.64. The van der Waals surface area contributed by atoms with Crippen LogP contribution in [-0.4, -0.2) is 4.98 Å². The van der Waals surface area contributed by atoms with E-state index in [1.807, 2.05) is 18.2 Å². The molecule has 1 aromatic heterocycles. The smallest absolute Gasteiger partial charge is 0.399 e. The minimum absolute atomic E-state index is 0.220. The van der Waals surface area contributed by atoms with Gasteiger partial charge in [0.05, 0.1) is 15.1 Å². The van der Waals surface area contributed by atoms with Gasteiger partial charge in [0.25, 0.3) is 0 Å². The van der Waals surface area contributed by atoms with E-state index in [0.717, 1.165) is 8.95 Å². The number of benzene rings is 1. The highest BCUT2D eigenvalue weighted by Gasteiger charge is 2.09. The Morgan fingerprint density at radius 2 is 1.93 bits per heavy atom. The van der Waals surface area contributed by atoms with Gasteiger partial charge in [0.15, 0.2) is 5.75 Å². The summed E-state index contributed by atoms with van der Waals surface area (Å²) in [7, 11) is 0. The van der Waals surface area contributed by atoms with Crippen molar-refractivity contribution >= 4 is 31.9 Å². The van der Waals surface area contributed by atoms with Gasteiger partial charge in [-0.05, 0) is 44.0 Å². The van der Waals surface area contributed by atoms with Gasteiger partial charge in [-0.2, -0.15) is 4.98 Å². The van der Waals surface area contributed by atoms with E-state index < -0.39 is 0 Å². The fraction of sp³-hybridized carbons (Fsp3) is 0. The van der Waals surface area contributed by atoms with Gasteiger partial charge in [0.1, 0.15) is 6.26 Å². The lowest BCUT2D eigenvalue weighted by atomic mass is 10.3. The summed E-state index contributed by atoms with van der Waals surface area (Å²) in [5, 5.41) is 0. The molecule has 14 heavy (non-hydrogen) atoms. The minimum atomic E-state index is 0.220. The maximum absolute atomic E-state index is 5.41. The van der Waals surface area contributed by atoms with Crippen LogP contribution in [0.15, 0.2) is 44.0 Å². The molecule has 0 atom stereocenters. The maximum Gasteiger partial charge on any atom is 0.399 e. The zero-order chi connectivity index (χ0) is 9.97. The summed E-state index contributed by atoms with van der Waals surface area (Å²) in [6, 6.07) is 5.66. The molecule has 0 aliphatic carbocycles. The SMILES string of the molecule is Brc1cccc(Br)c1Oc1ncco1. The zero-order valence-corrected chi connectivity index (χ0v) is 10.1. The second-order valence-electron chi connectivity index (χ2n) is 2.45. The van der Waals surface area contributed by atoms with Gasteiger partial charge >= 0.3 is 6.08 Å². The van der Waals surface area contributed by atoms with Crippen LogP contribution < -0.4 is 4.74 Å². The third-order valence-electron chi connectivity index (χ3n) is 1.52. The van der Waals surface area contributed by atoms with E-state index in [0.29, 0.717) is 5.75 Å². The van der Waals surface area contributed by atoms with E-state index in [9.17, 15) is 0 Å². The number of oxazole rings is 1. The molecule has 1 aromatic carbocycles. The van der Waals surface area contributed by atoms with Gasteiger partial charge in [-0.15, -0.1) is 0 Å². The molecule has 0 amide bonds. The molecular formula is C9H5Br2NO2. The number of hydrogen-bond acceptors (Lipinski definition) is 3. The van der Waals surface area contributed by atoms with Crippen molar-refractivity contribution in [2.24, 2.45) is 0 Å². The van der Waals surface area contributed by atoms with Gasteiger partial charge < -0.3 is 9.15 Å². The van der Waals surface area contributed by atoms with Crippen molar-refractivity contribution in [2.75, 3.05) is 0 Å². The Morgan fingerprint density at radius 3 is 2.50 bits per heavy atom. The van der Waals surface area contributed by atoms with Crippen molar-refractivity contribution in [1.82, 2.24) is 4.98 Å². The minimum Gasteiger partial charge on any atom is -0.417 e. The highest BCUT2D eigenvalue weighted by Crippen LogP contribution is 2.35. The van der Waals surface area contributed by atoms with Gasteiger partial charge in [0.2, 0.25) is 0 Å². The predicted molar refractivity (Wildman–Crippen MR) is 58.4 cm³/mol. The molecular weight excluding hydrogens is 314 g/mol. The van der Waals surface area contributed by atoms with Crippen LogP contribution in [0.5, 0.6) is 11.8 Å². The molecule has 0 unspecified atom stereocenters. The summed E-state index contributed by atoms with van der Waals surface area (Å²) in [6.07, 6.45) is 3.21.